The Morgan fingerprint density at radius 1 is 1.48 bits per heavy atom. The van der Waals surface area contributed by atoms with Crippen molar-refractivity contribution in [1.82, 2.24) is 14.8 Å². The van der Waals surface area contributed by atoms with Crippen LogP contribution in [0.5, 0.6) is 0 Å². The number of hydrogen-bond donors (Lipinski definition) is 2. The zero-order valence-electron chi connectivity index (χ0n) is 12.1. The number of carbonyl (C=O) groups excluding carboxylic acids is 1. The van der Waals surface area contributed by atoms with Crippen molar-refractivity contribution in [3.8, 4) is 0 Å². The predicted octanol–water partition coefficient (Wildman–Crippen LogP) is 1.33. The second-order valence-electron chi connectivity index (χ2n) is 5.77. The van der Waals surface area contributed by atoms with Crippen LogP contribution >= 0.6 is 11.6 Å². The van der Waals surface area contributed by atoms with Crippen LogP contribution in [-0.2, 0) is 0 Å². The maximum Gasteiger partial charge on any atom is 0.274 e. The van der Waals surface area contributed by atoms with Gasteiger partial charge in [-0.1, -0.05) is 11.6 Å². The molecule has 21 heavy (non-hydrogen) atoms. The van der Waals surface area contributed by atoms with Crippen molar-refractivity contribution in [1.29, 1.82) is 0 Å². The Morgan fingerprint density at radius 2 is 2.29 bits per heavy atom. The maximum atomic E-state index is 12.8. The smallest absolute Gasteiger partial charge is 0.274 e. The van der Waals surface area contributed by atoms with Gasteiger partial charge in [-0.05, 0) is 38.4 Å². The van der Waals surface area contributed by atoms with Gasteiger partial charge >= 0.3 is 0 Å². The lowest BCUT2D eigenvalue weighted by Crippen LogP contribution is -2.56. The zero-order valence-corrected chi connectivity index (χ0v) is 12.8. The largest absolute Gasteiger partial charge is 0.332 e. The first-order chi connectivity index (χ1) is 10.1. The molecule has 114 valence electrons. The number of hydrazine groups is 1. The molecule has 3 heterocycles. The number of nitrogen functional groups attached to an aromatic ring is 1. The fourth-order valence-corrected chi connectivity index (χ4v) is 3.46. The van der Waals surface area contributed by atoms with Crippen LogP contribution in [0.1, 0.15) is 30.3 Å². The van der Waals surface area contributed by atoms with Crippen LogP contribution in [0.3, 0.4) is 0 Å². The first-order valence-corrected chi connectivity index (χ1v) is 7.66. The van der Waals surface area contributed by atoms with E-state index in [0.29, 0.717) is 16.9 Å². The summed E-state index contributed by atoms with van der Waals surface area (Å²) in [5.74, 6) is 5.68. The summed E-state index contributed by atoms with van der Waals surface area (Å²) in [5, 5.41) is 0.361. The number of rotatable bonds is 2. The summed E-state index contributed by atoms with van der Waals surface area (Å²) in [4.78, 5) is 21.4. The average molecular weight is 310 g/mol. The standard InChI is InChI=1S/C14H20ClN5O/c1-9-7-19-6-2-3-10(19)8-20(9)14(21)13-11(15)4-5-12(17-13)18-16/h4-5,9-10H,2-3,6-8,16H2,1H3,(H,17,18). The molecular formula is C14H20ClN5O. The van der Waals surface area contributed by atoms with Gasteiger partial charge in [-0.25, -0.2) is 10.8 Å². The molecule has 1 aromatic rings. The summed E-state index contributed by atoms with van der Waals surface area (Å²) in [6, 6.07) is 3.93. The number of carbonyl (C=O) groups is 1. The van der Waals surface area contributed by atoms with E-state index in [1.165, 1.54) is 6.42 Å². The Labute approximate surface area is 129 Å². The monoisotopic (exact) mass is 309 g/mol. The Bertz CT molecular complexity index is 552. The normalized spacial score (nSPS) is 25.8. The van der Waals surface area contributed by atoms with Crippen molar-refractivity contribution < 1.29 is 4.79 Å². The lowest BCUT2D eigenvalue weighted by Gasteiger charge is -2.42. The molecule has 3 rings (SSSR count). The first-order valence-electron chi connectivity index (χ1n) is 7.28. The van der Waals surface area contributed by atoms with E-state index >= 15 is 0 Å². The minimum Gasteiger partial charge on any atom is -0.332 e. The summed E-state index contributed by atoms with van der Waals surface area (Å²) >= 11 is 6.14. The van der Waals surface area contributed by atoms with E-state index in [4.69, 9.17) is 17.4 Å². The van der Waals surface area contributed by atoms with Crippen LogP contribution in [-0.4, -0.2) is 52.4 Å². The summed E-state index contributed by atoms with van der Waals surface area (Å²) in [6.07, 6.45) is 2.37. The third-order valence-corrected chi connectivity index (χ3v) is 4.70. The zero-order chi connectivity index (χ0) is 15.0. The lowest BCUT2D eigenvalue weighted by atomic mass is 10.1. The van der Waals surface area contributed by atoms with Gasteiger partial charge in [-0.3, -0.25) is 9.69 Å². The highest BCUT2D eigenvalue weighted by molar-refractivity contribution is 6.33. The number of anilines is 1. The van der Waals surface area contributed by atoms with E-state index in [2.05, 4.69) is 22.2 Å². The van der Waals surface area contributed by atoms with Crippen molar-refractivity contribution >= 4 is 23.3 Å². The molecule has 2 unspecified atom stereocenters. The van der Waals surface area contributed by atoms with Gasteiger partial charge in [0.05, 0.1) is 5.02 Å². The number of halogens is 1. The third kappa shape index (κ3) is 2.71. The van der Waals surface area contributed by atoms with Gasteiger partial charge in [0.25, 0.3) is 5.91 Å². The van der Waals surface area contributed by atoms with Gasteiger partial charge in [-0.15, -0.1) is 0 Å². The topological polar surface area (TPSA) is 74.5 Å². The Hall–Kier alpha value is -1.37. The summed E-state index contributed by atoms with van der Waals surface area (Å²) in [6.45, 7) is 4.88. The van der Waals surface area contributed by atoms with Crippen LogP contribution in [0.2, 0.25) is 5.02 Å². The number of piperazine rings is 1. The van der Waals surface area contributed by atoms with E-state index in [0.717, 1.165) is 26.1 Å². The molecule has 2 fully saturated rings. The van der Waals surface area contributed by atoms with Crippen molar-refractivity contribution in [3.05, 3.63) is 22.8 Å². The number of hydrogen-bond acceptors (Lipinski definition) is 5. The van der Waals surface area contributed by atoms with Crippen molar-refractivity contribution in [2.75, 3.05) is 25.1 Å². The Morgan fingerprint density at radius 3 is 3.05 bits per heavy atom. The molecule has 3 N–H and O–H groups in total. The van der Waals surface area contributed by atoms with Gasteiger partial charge < -0.3 is 10.3 Å². The molecule has 0 bridgehead atoms. The summed E-state index contributed by atoms with van der Waals surface area (Å²) < 4.78 is 0. The van der Waals surface area contributed by atoms with E-state index in [-0.39, 0.29) is 17.6 Å². The first kappa shape index (κ1) is 14.6. The number of nitrogens with one attached hydrogen (secondary N) is 1. The molecule has 2 saturated heterocycles. The average Bonchev–Trinajstić information content (AvgIpc) is 2.93. The van der Waals surface area contributed by atoms with Crippen LogP contribution in [0, 0.1) is 0 Å². The Kier molecular flexibility index (Phi) is 4.01. The minimum absolute atomic E-state index is 0.115. The van der Waals surface area contributed by atoms with E-state index in [9.17, 15) is 4.79 Å². The fourth-order valence-electron chi connectivity index (χ4n) is 3.28. The molecule has 1 amide bonds. The molecular weight excluding hydrogens is 290 g/mol. The van der Waals surface area contributed by atoms with Gasteiger partial charge in [0.1, 0.15) is 11.5 Å². The van der Waals surface area contributed by atoms with Crippen LogP contribution in [0.15, 0.2) is 12.1 Å². The van der Waals surface area contributed by atoms with Crippen LogP contribution in [0.25, 0.3) is 0 Å². The van der Waals surface area contributed by atoms with Crippen molar-refractivity contribution in [3.63, 3.8) is 0 Å². The molecule has 1 aromatic heterocycles. The van der Waals surface area contributed by atoms with Crippen LogP contribution < -0.4 is 11.3 Å². The van der Waals surface area contributed by atoms with E-state index in [1.807, 2.05) is 4.90 Å². The summed E-state index contributed by atoms with van der Waals surface area (Å²) in [7, 11) is 0. The number of pyridine rings is 1. The SMILES string of the molecule is CC1CN2CCCC2CN1C(=O)c1nc(NN)ccc1Cl. The molecule has 6 nitrogen and oxygen atoms in total. The van der Waals surface area contributed by atoms with Gasteiger partial charge in [0, 0.05) is 25.2 Å². The van der Waals surface area contributed by atoms with Crippen molar-refractivity contribution in [2.24, 2.45) is 5.84 Å². The highest BCUT2D eigenvalue weighted by atomic mass is 35.5. The number of nitrogens with two attached hydrogens (primary N) is 1. The quantitative estimate of drug-likeness (QED) is 0.637. The molecule has 0 aliphatic carbocycles. The molecule has 2 atom stereocenters. The van der Waals surface area contributed by atoms with Gasteiger partial charge in [0.2, 0.25) is 0 Å². The highest BCUT2D eigenvalue weighted by Gasteiger charge is 2.37. The predicted molar refractivity (Wildman–Crippen MR) is 82.2 cm³/mol. The summed E-state index contributed by atoms with van der Waals surface area (Å²) in [5.41, 5.74) is 2.72. The van der Waals surface area contributed by atoms with E-state index in [1.54, 1.807) is 12.1 Å². The molecule has 2 aliphatic rings. The van der Waals surface area contributed by atoms with Gasteiger partial charge in [-0.2, -0.15) is 0 Å². The lowest BCUT2D eigenvalue weighted by molar-refractivity contribution is 0.0390. The second kappa shape index (κ2) is 5.79. The van der Waals surface area contributed by atoms with Gasteiger partial charge in [0.15, 0.2) is 0 Å². The number of fused-ring (bicyclic) bond motifs is 1. The molecule has 2 aliphatic heterocycles. The number of amides is 1. The number of aromatic nitrogens is 1. The molecule has 0 spiro atoms. The molecule has 7 heteroatoms. The Balaban J connectivity index is 1.84. The molecule has 0 radical (unpaired) electrons. The number of nitrogens with zero attached hydrogens (tertiary/aromatic N) is 3. The van der Waals surface area contributed by atoms with Crippen molar-refractivity contribution in [2.45, 2.75) is 31.8 Å². The minimum atomic E-state index is -0.115. The molecule has 0 saturated carbocycles. The highest BCUT2D eigenvalue weighted by Crippen LogP contribution is 2.27. The second-order valence-corrected chi connectivity index (χ2v) is 6.18. The van der Waals surface area contributed by atoms with E-state index < -0.39 is 0 Å². The fraction of sp³-hybridized carbons (Fsp3) is 0.571. The maximum absolute atomic E-state index is 12.8. The molecule has 0 aromatic carbocycles. The van der Waals surface area contributed by atoms with Crippen LogP contribution in [0.4, 0.5) is 5.82 Å². The third-order valence-electron chi connectivity index (χ3n) is 4.39.